The van der Waals surface area contributed by atoms with E-state index in [1.54, 1.807) is 0 Å². The second-order valence-corrected chi connectivity index (χ2v) is 7.51. The first-order chi connectivity index (χ1) is 13.3. The Hall–Kier alpha value is -2.88. The summed E-state index contributed by atoms with van der Waals surface area (Å²) in [5.74, 6) is 2.94. The van der Waals surface area contributed by atoms with Crippen LogP contribution in [0, 0.1) is 6.92 Å². The molecule has 3 heterocycles. The number of hydrogen-bond acceptors (Lipinski definition) is 4. The van der Waals surface area contributed by atoms with Crippen molar-refractivity contribution in [3.8, 4) is 0 Å². The van der Waals surface area contributed by atoms with Crippen LogP contribution in [-0.2, 0) is 25.9 Å². The Balaban J connectivity index is 1.43. The minimum absolute atomic E-state index is 0.847. The summed E-state index contributed by atoms with van der Waals surface area (Å²) in [7, 11) is 0. The molecule has 2 aliphatic heterocycles. The van der Waals surface area contributed by atoms with Crippen molar-refractivity contribution in [2.24, 2.45) is 0 Å². The Bertz CT molecular complexity index is 906. The minimum atomic E-state index is 0.847. The molecule has 27 heavy (non-hydrogen) atoms. The lowest BCUT2D eigenvalue weighted by Crippen LogP contribution is -2.33. The highest BCUT2D eigenvalue weighted by molar-refractivity contribution is 5.54. The van der Waals surface area contributed by atoms with Gasteiger partial charge in [-0.2, -0.15) is 0 Å². The zero-order chi connectivity index (χ0) is 18.2. The number of nitrogens with zero attached hydrogens (tertiary/aromatic N) is 4. The van der Waals surface area contributed by atoms with Crippen LogP contribution in [0.5, 0.6) is 0 Å². The van der Waals surface area contributed by atoms with Crippen molar-refractivity contribution < 1.29 is 0 Å². The zero-order valence-corrected chi connectivity index (χ0v) is 15.7. The van der Waals surface area contributed by atoms with E-state index in [1.807, 2.05) is 6.92 Å². The first-order valence-electron chi connectivity index (χ1n) is 9.75. The third-order valence-electron chi connectivity index (χ3n) is 5.72. The molecule has 0 fully saturated rings. The van der Waals surface area contributed by atoms with E-state index in [4.69, 9.17) is 9.97 Å². The maximum atomic E-state index is 4.76. The average Bonchev–Trinajstić information content (AvgIpc) is 2.72. The second kappa shape index (κ2) is 6.69. The van der Waals surface area contributed by atoms with Gasteiger partial charge in [-0.25, -0.2) is 9.97 Å². The Morgan fingerprint density at radius 3 is 1.59 bits per heavy atom. The predicted molar refractivity (Wildman–Crippen MR) is 109 cm³/mol. The van der Waals surface area contributed by atoms with Gasteiger partial charge in [0, 0.05) is 32.2 Å². The average molecular weight is 356 g/mol. The molecule has 2 aliphatic rings. The summed E-state index contributed by atoms with van der Waals surface area (Å²) in [6, 6.07) is 19.7. The third-order valence-corrected chi connectivity index (χ3v) is 5.72. The molecule has 1 aromatic heterocycles. The molecular formula is C23H24N4. The molecule has 3 aromatic rings. The van der Waals surface area contributed by atoms with E-state index in [-0.39, 0.29) is 0 Å². The van der Waals surface area contributed by atoms with Crippen LogP contribution in [0.4, 0.5) is 11.6 Å². The van der Waals surface area contributed by atoms with E-state index >= 15 is 0 Å². The van der Waals surface area contributed by atoms with Gasteiger partial charge in [0.15, 0.2) is 0 Å². The number of benzene rings is 2. The number of aryl methyl sites for hydroxylation is 1. The molecule has 0 bridgehead atoms. The van der Waals surface area contributed by atoms with Crippen molar-refractivity contribution in [1.29, 1.82) is 0 Å². The van der Waals surface area contributed by atoms with Gasteiger partial charge in [0.25, 0.3) is 0 Å². The molecule has 0 amide bonds. The lowest BCUT2D eigenvalue weighted by Gasteiger charge is -2.33. The molecule has 4 nitrogen and oxygen atoms in total. The van der Waals surface area contributed by atoms with Crippen LogP contribution in [0.2, 0.25) is 0 Å². The lowest BCUT2D eigenvalue weighted by atomic mass is 9.99. The van der Waals surface area contributed by atoms with Gasteiger partial charge in [-0.15, -0.1) is 0 Å². The fraction of sp³-hybridized carbons (Fsp3) is 0.304. The van der Waals surface area contributed by atoms with E-state index in [0.29, 0.717) is 0 Å². The van der Waals surface area contributed by atoms with Gasteiger partial charge in [0.2, 0.25) is 0 Å². The topological polar surface area (TPSA) is 32.3 Å². The van der Waals surface area contributed by atoms with Crippen molar-refractivity contribution in [1.82, 2.24) is 9.97 Å². The van der Waals surface area contributed by atoms with Crippen LogP contribution >= 0.6 is 0 Å². The highest BCUT2D eigenvalue weighted by Gasteiger charge is 2.21. The molecule has 0 aliphatic carbocycles. The molecule has 0 unspecified atom stereocenters. The maximum absolute atomic E-state index is 4.76. The Morgan fingerprint density at radius 1 is 0.667 bits per heavy atom. The summed E-state index contributed by atoms with van der Waals surface area (Å²) in [6.45, 7) is 5.87. The quantitative estimate of drug-likeness (QED) is 0.697. The smallest absolute Gasteiger partial charge is 0.134 e. The van der Waals surface area contributed by atoms with Gasteiger partial charge in [-0.05, 0) is 42.0 Å². The van der Waals surface area contributed by atoms with Crippen LogP contribution in [0.3, 0.4) is 0 Å². The number of hydrogen-bond donors (Lipinski definition) is 0. The van der Waals surface area contributed by atoms with Gasteiger partial charge in [0.1, 0.15) is 17.5 Å². The van der Waals surface area contributed by atoms with Gasteiger partial charge >= 0.3 is 0 Å². The maximum Gasteiger partial charge on any atom is 0.134 e. The third kappa shape index (κ3) is 3.16. The number of aromatic nitrogens is 2. The standard InChI is InChI=1S/C23H24N4/c1-17-24-22(26-12-10-18-6-2-4-8-20(18)15-26)14-23(25-17)27-13-11-19-7-3-5-9-21(19)16-27/h2-9,14H,10-13,15-16H2,1H3. The molecular weight excluding hydrogens is 332 g/mol. The Kier molecular flexibility index (Phi) is 4.04. The summed E-state index contributed by atoms with van der Waals surface area (Å²) >= 11 is 0. The summed E-state index contributed by atoms with van der Waals surface area (Å²) < 4.78 is 0. The lowest BCUT2D eigenvalue weighted by molar-refractivity contribution is 0.701. The molecule has 0 radical (unpaired) electrons. The monoisotopic (exact) mass is 356 g/mol. The summed E-state index contributed by atoms with van der Waals surface area (Å²) in [6.07, 6.45) is 2.15. The van der Waals surface area contributed by atoms with Gasteiger partial charge in [-0.3, -0.25) is 0 Å². The number of anilines is 2. The summed E-state index contributed by atoms with van der Waals surface area (Å²) in [5.41, 5.74) is 5.75. The van der Waals surface area contributed by atoms with Gasteiger partial charge in [-0.1, -0.05) is 48.5 Å². The van der Waals surface area contributed by atoms with Crippen LogP contribution < -0.4 is 9.80 Å². The molecule has 0 saturated carbocycles. The van der Waals surface area contributed by atoms with E-state index in [2.05, 4.69) is 64.4 Å². The second-order valence-electron chi connectivity index (χ2n) is 7.51. The zero-order valence-electron chi connectivity index (χ0n) is 15.7. The van der Waals surface area contributed by atoms with Crippen LogP contribution in [-0.4, -0.2) is 23.1 Å². The fourth-order valence-corrected chi connectivity index (χ4v) is 4.24. The first-order valence-corrected chi connectivity index (χ1v) is 9.75. The van der Waals surface area contributed by atoms with Crippen LogP contribution in [0.15, 0.2) is 54.6 Å². The van der Waals surface area contributed by atoms with E-state index in [9.17, 15) is 0 Å². The molecule has 0 saturated heterocycles. The largest absolute Gasteiger partial charge is 0.352 e. The summed E-state index contributed by atoms with van der Waals surface area (Å²) in [5, 5.41) is 0. The Labute approximate surface area is 160 Å². The molecule has 5 rings (SSSR count). The van der Waals surface area contributed by atoms with Crippen molar-refractivity contribution in [3.05, 3.63) is 82.7 Å². The number of rotatable bonds is 2. The molecule has 4 heteroatoms. The Morgan fingerprint density at radius 2 is 1.11 bits per heavy atom. The van der Waals surface area contributed by atoms with Gasteiger partial charge in [0.05, 0.1) is 0 Å². The molecule has 0 spiro atoms. The van der Waals surface area contributed by atoms with Gasteiger partial charge < -0.3 is 9.80 Å². The van der Waals surface area contributed by atoms with Crippen molar-refractivity contribution in [2.75, 3.05) is 22.9 Å². The van der Waals surface area contributed by atoms with E-state index in [1.165, 1.54) is 22.3 Å². The van der Waals surface area contributed by atoms with Crippen molar-refractivity contribution >= 4 is 11.6 Å². The number of fused-ring (bicyclic) bond motifs is 2. The minimum Gasteiger partial charge on any atom is -0.352 e. The normalized spacial score (nSPS) is 16.0. The van der Waals surface area contributed by atoms with E-state index < -0.39 is 0 Å². The van der Waals surface area contributed by atoms with Crippen LogP contribution in [0.25, 0.3) is 0 Å². The van der Waals surface area contributed by atoms with E-state index in [0.717, 1.165) is 56.5 Å². The van der Waals surface area contributed by atoms with Crippen molar-refractivity contribution in [2.45, 2.75) is 32.9 Å². The van der Waals surface area contributed by atoms with Crippen molar-refractivity contribution in [3.63, 3.8) is 0 Å². The molecule has 0 atom stereocenters. The first kappa shape index (κ1) is 16.3. The fourth-order valence-electron chi connectivity index (χ4n) is 4.24. The highest BCUT2D eigenvalue weighted by atomic mass is 15.2. The molecule has 2 aromatic carbocycles. The predicted octanol–water partition coefficient (Wildman–Crippen LogP) is 3.91. The van der Waals surface area contributed by atoms with Crippen LogP contribution in [0.1, 0.15) is 28.1 Å². The molecule has 0 N–H and O–H groups in total. The molecule has 136 valence electrons. The SMILES string of the molecule is Cc1nc(N2CCc3ccccc3C2)cc(N2CCc3ccccc3C2)n1. The highest BCUT2D eigenvalue weighted by Crippen LogP contribution is 2.28. The summed E-state index contributed by atoms with van der Waals surface area (Å²) in [4.78, 5) is 14.3.